The summed E-state index contributed by atoms with van der Waals surface area (Å²) in [6.07, 6.45) is 4.62. The third kappa shape index (κ3) is 3.79. The van der Waals surface area contributed by atoms with Crippen molar-refractivity contribution in [2.24, 2.45) is 0 Å². The normalized spacial score (nSPS) is 11.1. The number of fused-ring (bicyclic) bond motifs is 1. The minimum Gasteiger partial charge on any atom is -0.322 e. The van der Waals surface area contributed by atoms with Crippen LogP contribution in [-0.4, -0.2) is 25.5 Å². The second-order valence-electron chi connectivity index (χ2n) is 7.90. The molecule has 0 spiro atoms. The highest BCUT2D eigenvalue weighted by molar-refractivity contribution is 6.05. The molecule has 1 amide bonds. The van der Waals surface area contributed by atoms with Gasteiger partial charge in [0.1, 0.15) is 0 Å². The Morgan fingerprint density at radius 1 is 0.941 bits per heavy atom. The minimum absolute atomic E-state index is 0.0531. The van der Waals surface area contributed by atoms with Crippen molar-refractivity contribution in [1.29, 1.82) is 0 Å². The summed E-state index contributed by atoms with van der Waals surface area (Å²) < 4.78 is 29.6. The van der Waals surface area contributed by atoms with Crippen LogP contribution in [0.3, 0.4) is 0 Å². The number of carbonyl (C=O) groups is 1. The Morgan fingerprint density at radius 3 is 2.53 bits per heavy atom. The van der Waals surface area contributed by atoms with Gasteiger partial charge < -0.3 is 5.32 Å². The van der Waals surface area contributed by atoms with E-state index in [0.717, 1.165) is 11.6 Å². The molecular formula is C26H19F2N5O. The van der Waals surface area contributed by atoms with Gasteiger partial charge in [0.2, 0.25) is 0 Å². The number of aryl methyl sites for hydroxylation is 2. The summed E-state index contributed by atoms with van der Waals surface area (Å²) in [5.41, 5.74) is 4.85. The van der Waals surface area contributed by atoms with E-state index in [1.165, 1.54) is 29.0 Å². The number of pyridine rings is 1. The van der Waals surface area contributed by atoms with Crippen molar-refractivity contribution in [3.05, 3.63) is 102 Å². The average Bonchev–Trinajstić information content (AvgIpc) is 3.27. The maximum Gasteiger partial charge on any atom is 0.257 e. The van der Waals surface area contributed by atoms with Gasteiger partial charge in [-0.05, 0) is 50.2 Å². The van der Waals surface area contributed by atoms with Crippen LogP contribution in [0.25, 0.3) is 28.0 Å². The van der Waals surface area contributed by atoms with Gasteiger partial charge in [-0.3, -0.25) is 9.78 Å². The molecule has 0 aliphatic rings. The molecule has 3 heterocycles. The predicted octanol–water partition coefficient (Wildman–Crippen LogP) is 5.61. The van der Waals surface area contributed by atoms with Crippen molar-refractivity contribution in [1.82, 2.24) is 19.6 Å². The number of nitrogens with zero attached hydrogens (tertiary/aromatic N) is 4. The van der Waals surface area contributed by atoms with Crippen LogP contribution in [0.2, 0.25) is 0 Å². The van der Waals surface area contributed by atoms with Crippen molar-refractivity contribution in [2.45, 2.75) is 13.8 Å². The fourth-order valence-electron chi connectivity index (χ4n) is 3.75. The van der Waals surface area contributed by atoms with Gasteiger partial charge in [0, 0.05) is 34.8 Å². The molecule has 1 N–H and O–H groups in total. The first-order chi connectivity index (χ1) is 16.4. The van der Waals surface area contributed by atoms with Gasteiger partial charge in [-0.2, -0.15) is 5.10 Å². The molecular weight excluding hydrogens is 436 g/mol. The molecule has 0 bridgehead atoms. The predicted molar refractivity (Wildman–Crippen MR) is 125 cm³/mol. The van der Waals surface area contributed by atoms with E-state index in [2.05, 4.69) is 20.4 Å². The maximum atomic E-state index is 14.4. The van der Waals surface area contributed by atoms with Crippen molar-refractivity contribution >= 4 is 17.2 Å². The lowest BCUT2D eigenvalue weighted by atomic mass is 10.1. The van der Waals surface area contributed by atoms with Crippen LogP contribution < -0.4 is 5.32 Å². The fourth-order valence-corrected chi connectivity index (χ4v) is 3.75. The van der Waals surface area contributed by atoms with Crippen molar-refractivity contribution < 1.29 is 13.6 Å². The van der Waals surface area contributed by atoms with E-state index >= 15 is 0 Å². The Balaban J connectivity index is 1.55. The molecule has 6 nitrogen and oxygen atoms in total. The van der Waals surface area contributed by atoms with E-state index in [0.29, 0.717) is 39.4 Å². The fraction of sp³-hybridized carbons (Fsp3) is 0.0769. The highest BCUT2D eigenvalue weighted by atomic mass is 19.2. The van der Waals surface area contributed by atoms with Crippen molar-refractivity contribution in [3.8, 4) is 22.4 Å². The van der Waals surface area contributed by atoms with Crippen molar-refractivity contribution in [2.75, 3.05) is 5.32 Å². The maximum absolute atomic E-state index is 14.4. The first kappa shape index (κ1) is 21.4. The lowest BCUT2D eigenvalue weighted by molar-refractivity contribution is 0.102. The molecule has 0 fully saturated rings. The van der Waals surface area contributed by atoms with E-state index in [9.17, 15) is 13.6 Å². The molecule has 0 radical (unpaired) electrons. The molecule has 0 saturated carbocycles. The molecule has 2 aromatic carbocycles. The van der Waals surface area contributed by atoms with Gasteiger partial charge >= 0.3 is 0 Å². The van der Waals surface area contributed by atoms with Gasteiger partial charge in [0.15, 0.2) is 17.3 Å². The molecule has 0 aliphatic heterocycles. The first-order valence-corrected chi connectivity index (χ1v) is 10.5. The molecule has 3 aromatic heterocycles. The van der Waals surface area contributed by atoms with Gasteiger partial charge in [-0.1, -0.05) is 23.8 Å². The summed E-state index contributed by atoms with van der Waals surface area (Å²) in [6, 6.07) is 14.9. The number of halogens is 2. The monoisotopic (exact) mass is 455 g/mol. The molecule has 0 saturated heterocycles. The van der Waals surface area contributed by atoms with Crippen LogP contribution in [0.15, 0.2) is 73.2 Å². The first-order valence-electron chi connectivity index (χ1n) is 10.5. The summed E-state index contributed by atoms with van der Waals surface area (Å²) in [5.74, 6) is -2.20. The summed E-state index contributed by atoms with van der Waals surface area (Å²) in [5, 5.41) is 7.17. The third-order valence-corrected chi connectivity index (χ3v) is 5.58. The number of imidazole rings is 1. The average molecular weight is 455 g/mol. The molecule has 168 valence electrons. The number of amides is 1. The number of hydrogen-bond donors (Lipinski definition) is 1. The molecule has 5 rings (SSSR count). The van der Waals surface area contributed by atoms with Gasteiger partial charge in [-0.15, -0.1) is 0 Å². The zero-order valence-corrected chi connectivity index (χ0v) is 18.4. The third-order valence-electron chi connectivity index (χ3n) is 5.58. The Morgan fingerprint density at radius 2 is 1.74 bits per heavy atom. The zero-order valence-electron chi connectivity index (χ0n) is 18.4. The number of aromatic nitrogens is 4. The topological polar surface area (TPSA) is 72.2 Å². The smallest absolute Gasteiger partial charge is 0.257 e. The standard InChI is InChI=1S/C26H19F2N5O/c1-15-6-8-18(9-7-15)32-26(34)21-12-17(13-29-16(21)2)19-10-11-31-33-23(14-30-25(19)33)20-4-3-5-22(27)24(20)28/h3-14H,1-2H3,(H,32,34). The van der Waals surface area contributed by atoms with E-state index in [1.54, 1.807) is 25.3 Å². The van der Waals surface area contributed by atoms with Crippen molar-refractivity contribution in [3.63, 3.8) is 0 Å². The van der Waals surface area contributed by atoms with Gasteiger partial charge in [0.25, 0.3) is 5.91 Å². The lowest BCUT2D eigenvalue weighted by Gasteiger charge is -2.10. The van der Waals surface area contributed by atoms with Crippen LogP contribution in [0, 0.1) is 25.5 Å². The Kier molecular flexibility index (Phi) is 5.33. The molecule has 0 aliphatic carbocycles. The van der Waals surface area contributed by atoms with Crippen LogP contribution in [0.5, 0.6) is 0 Å². The van der Waals surface area contributed by atoms with Crippen LogP contribution in [-0.2, 0) is 0 Å². The summed E-state index contributed by atoms with van der Waals surface area (Å²) in [4.78, 5) is 21.8. The second kappa shape index (κ2) is 8.47. The van der Waals surface area contributed by atoms with E-state index in [-0.39, 0.29) is 11.5 Å². The number of anilines is 1. The number of hydrogen-bond acceptors (Lipinski definition) is 4. The molecule has 34 heavy (non-hydrogen) atoms. The lowest BCUT2D eigenvalue weighted by Crippen LogP contribution is -2.14. The second-order valence-corrected chi connectivity index (χ2v) is 7.90. The summed E-state index contributed by atoms with van der Waals surface area (Å²) in [6.45, 7) is 3.73. The Hall–Kier alpha value is -4.46. The highest BCUT2D eigenvalue weighted by Gasteiger charge is 2.18. The van der Waals surface area contributed by atoms with E-state index in [4.69, 9.17) is 0 Å². The zero-order chi connectivity index (χ0) is 23.8. The van der Waals surface area contributed by atoms with E-state index < -0.39 is 11.6 Å². The molecule has 8 heteroatoms. The van der Waals surface area contributed by atoms with E-state index in [1.807, 2.05) is 31.2 Å². The quantitative estimate of drug-likeness (QED) is 0.383. The summed E-state index contributed by atoms with van der Waals surface area (Å²) in [7, 11) is 0. The molecule has 0 unspecified atom stereocenters. The summed E-state index contributed by atoms with van der Waals surface area (Å²) >= 11 is 0. The SMILES string of the molecule is Cc1ccc(NC(=O)c2cc(-c3ccnn4c(-c5cccc(F)c5F)cnc34)cnc2C)cc1. The highest BCUT2D eigenvalue weighted by Crippen LogP contribution is 2.30. The van der Waals surface area contributed by atoms with Gasteiger partial charge in [-0.25, -0.2) is 18.3 Å². The number of benzene rings is 2. The molecule has 5 aromatic rings. The number of carbonyl (C=O) groups excluding carboxylic acids is 1. The Bertz CT molecular complexity index is 1540. The largest absolute Gasteiger partial charge is 0.322 e. The van der Waals surface area contributed by atoms with Crippen LogP contribution in [0.4, 0.5) is 14.5 Å². The number of rotatable bonds is 4. The van der Waals surface area contributed by atoms with Crippen LogP contribution >= 0.6 is 0 Å². The number of nitrogens with one attached hydrogen (secondary N) is 1. The van der Waals surface area contributed by atoms with Gasteiger partial charge in [0.05, 0.1) is 23.1 Å². The Labute approximate surface area is 193 Å². The minimum atomic E-state index is -0.969. The molecule has 0 atom stereocenters. The van der Waals surface area contributed by atoms with Crippen LogP contribution in [0.1, 0.15) is 21.6 Å².